The third-order valence-electron chi connectivity index (χ3n) is 4.63. The Kier molecular flexibility index (Phi) is 3.29. The molecule has 0 radical (unpaired) electrons. The van der Waals surface area contributed by atoms with Crippen LogP contribution in [-0.4, -0.2) is 18.6 Å². The van der Waals surface area contributed by atoms with E-state index in [1.54, 1.807) is 0 Å². The molecule has 1 aliphatic carbocycles. The van der Waals surface area contributed by atoms with E-state index in [1.807, 2.05) is 0 Å². The lowest BCUT2D eigenvalue weighted by Gasteiger charge is -2.31. The Labute approximate surface area is 110 Å². The fraction of sp³-hybridized carbons (Fsp3) is 0.625. The highest BCUT2D eigenvalue weighted by Gasteiger charge is 2.29. The SMILES string of the molecule is CC1(NCC2CNc3ccccc3C2)CCCC1. The van der Waals surface area contributed by atoms with Gasteiger partial charge in [-0.25, -0.2) is 0 Å². The third-order valence-corrected chi connectivity index (χ3v) is 4.63. The van der Waals surface area contributed by atoms with Crippen LogP contribution in [0.3, 0.4) is 0 Å². The summed E-state index contributed by atoms with van der Waals surface area (Å²) >= 11 is 0. The van der Waals surface area contributed by atoms with Crippen molar-refractivity contribution in [3.05, 3.63) is 29.8 Å². The third kappa shape index (κ3) is 2.54. The smallest absolute Gasteiger partial charge is 0.0372 e. The molecule has 1 heterocycles. The molecule has 1 aromatic carbocycles. The highest BCUT2D eigenvalue weighted by atomic mass is 15.0. The summed E-state index contributed by atoms with van der Waals surface area (Å²) < 4.78 is 0. The lowest BCUT2D eigenvalue weighted by atomic mass is 9.92. The maximum absolute atomic E-state index is 3.82. The van der Waals surface area contributed by atoms with Crippen LogP contribution >= 0.6 is 0 Å². The minimum atomic E-state index is 0.414. The summed E-state index contributed by atoms with van der Waals surface area (Å²) in [5.41, 5.74) is 3.23. The average molecular weight is 244 g/mol. The summed E-state index contributed by atoms with van der Waals surface area (Å²) in [5, 5.41) is 7.38. The van der Waals surface area contributed by atoms with Crippen LogP contribution in [0, 0.1) is 5.92 Å². The van der Waals surface area contributed by atoms with E-state index in [-0.39, 0.29) is 0 Å². The zero-order chi connectivity index (χ0) is 12.4. The standard InChI is InChI=1S/C16H24N2/c1-16(8-4-5-9-16)18-12-13-10-14-6-2-3-7-15(14)17-11-13/h2-3,6-7,13,17-18H,4-5,8-12H2,1H3. The second-order valence-electron chi connectivity index (χ2n) is 6.26. The summed E-state index contributed by atoms with van der Waals surface area (Å²) in [6, 6.07) is 8.71. The number of anilines is 1. The molecule has 1 saturated carbocycles. The summed E-state index contributed by atoms with van der Waals surface area (Å²) in [4.78, 5) is 0. The Morgan fingerprint density at radius 3 is 2.89 bits per heavy atom. The summed E-state index contributed by atoms with van der Waals surface area (Å²) in [7, 11) is 0. The van der Waals surface area contributed by atoms with Crippen LogP contribution in [0.1, 0.15) is 38.2 Å². The number of fused-ring (bicyclic) bond motifs is 1. The predicted octanol–water partition coefficient (Wildman–Crippen LogP) is 3.19. The molecular formula is C16H24N2. The first kappa shape index (κ1) is 12.0. The van der Waals surface area contributed by atoms with Crippen molar-refractivity contribution < 1.29 is 0 Å². The quantitative estimate of drug-likeness (QED) is 0.853. The maximum Gasteiger partial charge on any atom is 0.0372 e. The molecule has 0 spiro atoms. The fourth-order valence-corrected chi connectivity index (χ4v) is 3.38. The van der Waals surface area contributed by atoms with E-state index in [9.17, 15) is 0 Å². The minimum absolute atomic E-state index is 0.414. The zero-order valence-electron chi connectivity index (χ0n) is 11.3. The van der Waals surface area contributed by atoms with E-state index in [1.165, 1.54) is 43.4 Å². The van der Waals surface area contributed by atoms with Crippen molar-refractivity contribution in [2.45, 2.75) is 44.6 Å². The van der Waals surface area contributed by atoms with Gasteiger partial charge in [-0.3, -0.25) is 0 Å². The van der Waals surface area contributed by atoms with E-state index >= 15 is 0 Å². The first-order valence-corrected chi connectivity index (χ1v) is 7.32. The molecular weight excluding hydrogens is 220 g/mol. The lowest BCUT2D eigenvalue weighted by molar-refractivity contribution is 0.330. The highest BCUT2D eigenvalue weighted by Crippen LogP contribution is 2.30. The molecule has 0 saturated heterocycles. The van der Waals surface area contributed by atoms with Crippen molar-refractivity contribution in [3.8, 4) is 0 Å². The van der Waals surface area contributed by atoms with E-state index in [2.05, 4.69) is 41.8 Å². The Balaban J connectivity index is 1.56. The Morgan fingerprint density at radius 2 is 2.06 bits per heavy atom. The Morgan fingerprint density at radius 1 is 1.28 bits per heavy atom. The summed E-state index contributed by atoms with van der Waals surface area (Å²) in [6.07, 6.45) is 6.71. The largest absolute Gasteiger partial charge is 0.384 e. The van der Waals surface area contributed by atoms with E-state index in [0.29, 0.717) is 5.54 Å². The van der Waals surface area contributed by atoms with Crippen molar-refractivity contribution in [3.63, 3.8) is 0 Å². The highest BCUT2D eigenvalue weighted by molar-refractivity contribution is 5.53. The zero-order valence-corrected chi connectivity index (χ0v) is 11.3. The minimum Gasteiger partial charge on any atom is -0.384 e. The molecule has 2 heteroatoms. The number of rotatable bonds is 3. The molecule has 1 fully saturated rings. The molecule has 0 amide bonds. The lowest BCUT2D eigenvalue weighted by Crippen LogP contribution is -2.44. The van der Waals surface area contributed by atoms with Gasteiger partial charge in [0.25, 0.3) is 0 Å². The Hall–Kier alpha value is -1.02. The first-order chi connectivity index (χ1) is 8.75. The van der Waals surface area contributed by atoms with Gasteiger partial charge >= 0.3 is 0 Å². The van der Waals surface area contributed by atoms with Crippen molar-refractivity contribution in [1.82, 2.24) is 5.32 Å². The molecule has 1 unspecified atom stereocenters. The van der Waals surface area contributed by atoms with Gasteiger partial charge in [-0.15, -0.1) is 0 Å². The molecule has 0 bridgehead atoms. The van der Waals surface area contributed by atoms with Gasteiger partial charge in [-0.1, -0.05) is 31.0 Å². The number of hydrogen-bond acceptors (Lipinski definition) is 2. The van der Waals surface area contributed by atoms with Crippen LogP contribution in [0.4, 0.5) is 5.69 Å². The molecule has 98 valence electrons. The molecule has 1 aliphatic heterocycles. The van der Waals surface area contributed by atoms with Crippen LogP contribution in [0.25, 0.3) is 0 Å². The van der Waals surface area contributed by atoms with Crippen LogP contribution < -0.4 is 10.6 Å². The monoisotopic (exact) mass is 244 g/mol. The first-order valence-electron chi connectivity index (χ1n) is 7.32. The molecule has 18 heavy (non-hydrogen) atoms. The average Bonchev–Trinajstić information content (AvgIpc) is 2.84. The Bertz CT molecular complexity index is 407. The normalized spacial score (nSPS) is 25.5. The number of para-hydroxylation sites is 1. The molecule has 2 aliphatic rings. The molecule has 3 rings (SSSR count). The van der Waals surface area contributed by atoms with Gasteiger partial charge in [0.2, 0.25) is 0 Å². The van der Waals surface area contributed by atoms with Gasteiger partial charge in [0, 0.05) is 24.3 Å². The van der Waals surface area contributed by atoms with Crippen molar-refractivity contribution in [2.75, 3.05) is 18.4 Å². The predicted molar refractivity (Wildman–Crippen MR) is 77.0 cm³/mol. The topological polar surface area (TPSA) is 24.1 Å². The molecule has 2 N–H and O–H groups in total. The van der Waals surface area contributed by atoms with Gasteiger partial charge in [-0.05, 0) is 43.7 Å². The number of hydrogen-bond donors (Lipinski definition) is 2. The van der Waals surface area contributed by atoms with Gasteiger partial charge in [0.15, 0.2) is 0 Å². The van der Waals surface area contributed by atoms with E-state index < -0.39 is 0 Å². The van der Waals surface area contributed by atoms with Gasteiger partial charge in [-0.2, -0.15) is 0 Å². The van der Waals surface area contributed by atoms with E-state index in [0.717, 1.165) is 19.0 Å². The van der Waals surface area contributed by atoms with Crippen molar-refractivity contribution in [2.24, 2.45) is 5.92 Å². The van der Waals surface area contributed by atoms with Crippen LogP contribution in [0.15, 0.2) is 24.3 Å². The van der Waals surface area contributed by atoms with Crippen LogP contribution in [0.5, 0.6) is 0 Å². The maximum atomic E-state index is 3.82. The van der Waals surface area contributed by atoms with Gasteiger partial charge in [0.05, 0.1) is 0 Å². The molecule has 2 nitrogen and oxygen atoms in total. The fourth-order valence-electron chi connectivity index (χ4n) is 3.38. The molecule has 1 aromatic rings. The summed E-state index contributed by atoms with van der Waals surface area (Å²) in [5.74, 6) is 0.734. The second-order valence-corrected chi connectivity index (χ2v) is 6.26. The summed E-state index contributed by atoms with van der Waals surface area (Å²) in [6.45, 7) is 4.65. The molecule has 1 atom stereocenters. The van der Waals surface area contributed by atoms with Crippen LogP contribution in [0.2, 0.25) is 0 Å². The van der Waals surface area contributed by atoms with Crippen molar-refractivity contribution >= 4 is 5.69 Å². The van der Waals surface area contributed by atoms with Crippen LogP contribution in [-0.2, 0) is 6.42 Å². The van der Waals surface area contributed by atoms with Gasteiger partial charge in [0.1, 0.15) is 0 Å². The number of nitrogens with one attached hydrogen (secondary N) is 2. The second kappa shape index (κ2) is 4.93. The van der Waals surface area contributed by atoms with Crippen molar-refractivity contribution in [1.29, 1.82) is 0 Å². The van der Waals surface area contributed by atoms with Gasteiger partial charge < -0.3 is 10.6 Å². The molecule has 0 aromatic heterocycles. The number of benzene rings is 1. The van der Waals surface area contributed by atoms with E-state index in [4.69, 9.17) is 0 Å².